The first kappa shape index (κ1) is 16.1. The van der Waals surface area contributed by atoms with Crippen LogP contribution < -0.4 is 10.8 Å². The molecule has 1 aromatic carbocycles. The van der Waals surface area contributed by atoms with Crippen LogP contribution in [0.15, 0.2) is 32.9 Å². The van der Waals surface area contributed by atoms with E-state index in [1.165, 1.54) is 11.3 Å². The largest absolute Gasteiger partial charge is 0.275 e. The summed E-state index contributed by atoms with van der Waals surface area (Å²) in [7, 11) is -3.17. The second-order valence-corrected chi connectivity index (χ2v) is 9.08. The van der Waals surface area contributed by atoms with E-state index in [0.717, 1.165) is 5.56 Å². The zero-order valence-electron chi connectivity index (χ0n) is 10.9. The van der Waals surface area contributed by atoms with Crippen LogP contribution in [0.5, 0.6) is 0 Å². The molecule has 1 N–H and O–H groups in total. The minimum absolute atomic E-state index is 0.119. The standard InChI is InChI=1S/C13H9Cl3N2O2S2/c14-7-5-9(15)12(10(16)6-7)18-17-11-1-3-21-13-8(11)2-4-22(13,19)20/h1,3,5-6,18H,2,4H2/b17-11+. The minimum Gasteiger partial charge on any atom is -0.275 e. The fourth-order valence-corrected chi connectivity index (χ4v) is 5.94. The maximum atomic E-state index is 11.9. The second-order valence-electron chi connectivity index (χ2n) is 4.61. The van der Waals surface area contributed by atoms with Crippen LogP contribution in [0.25, 0.3) is 0 Å². The van der Waals surface area contributed by atoms with Gasteiger partial charge in [-0.25, -0.2) is 8.42 Å². The Labute approximate surface area is 146 Å². The predicted octanol–water partition coefficient (Wildman–Crippen LogP) is 3.97. The van der Waals surface area contributed by atoms with Crippen molar-refractivity contribution in [1.29, 1.82) is 0 Å². The van der Waals surface area contributed by atoms with E-state index in [9.17, 15) is 8.42 Å². The van der Waals surface area contributed by atoms with Crippen molar-refractivity contribution >= 4 is 61.7 Å². The van der Waals surface area contributed by atoms with Crippen LogP contribution in [0.2, 0.25) is 15.1 Å². The van der Waals surface area contributed by atoms with Gasteiger partial charge in [-0.15, -0.1) is 11.3 Å². The highest BCUT2D eigenvalue weighted by Crippen LogP contribution is 2.33. The first-order chi connectivity index (χ1) is 10.4. The molecule has 0 amide bonds. The summed E-state index contributed by atoms with van der Waals surface area (Å²) in [5.41, 5.74) is 3.94. The number of rotatable bonds is 2. The summed E-state index contributed by atoms with van der Waals surface area (Å²) in [5.74, 6) is 0.119. The van der Waals surface area contributed by atoms with Gasteiger partial charge < -0.3 is 0 Å². The van der Waals surface area contributed by atoms with E-state index in [1.54, 1.807) is 23.6 Å². The van der Waals surface area contributed by atoms with E-state index in [-0.39, 0.29) is 5.75 Å². The fraction of sp³-hybridized carbons (Fsp3) is 0.154. The highest BCUT2D eigenvalue weighted by Gasteiger charge is 2.28. The summed E-state index contributed by atoms with van der Waals surface area (Å²) >= 11 is 19.2. The fourth-order valence-electron chi connectivity index (χ4n) is 2.13. The van der Waals surface area contributed by atoms with Crippen LogP contribution in [0, 0.1) is 0 Å². The molecule has 0 bridgehead atoms. The van der Waals surface area contributed by atoms with E-state index >= 15 is 0 Å². The zero-order valence-corrected chi connectivity index (χ0v) is 14.8. The summed E-state index contributed by atoms with van der Waals surface area (Å²) < 4.78 is 24.2. The normalized spacial score (nSPS) is 16.6. The average molecular weight is 396 g/mol. The lowest BCUT2D eigenvalue weighted by Gasteiger charge is -2.07. The molecule has 0 saturated heterocycles. The second kappa shape index (κ2) is 6.02. The third kappa shape index (κ3) is 2.98. The summed E-state index contributed by atoms with van der Waals surface area (Å²) in [6, 6.07) is 4.86. The SMILES string of the molecule is O=S1(=O)CCc2c1scc/c2=N\Nc1c(Cl)cc(Cl)cc1Cl. The Morgan fingerprint density at radius 2 is 1.86 bits per heavy atom. The maximum Gasteiger partial charge on any atom is 0.188 e. The molecule has 0 fully saturated rings. The summed E-state index contributed by atoms with van der Waals surface area (Å²) in [5, 5.41) is 7.61. The summed E-state index contributed by atoms with van der Waals surface area (Å²) in [6.45, 7) is 0. The van der Waals surface area contributed by atoms with E-state index < -0.39 is 9.84 Å². The van der Waals surface area contributed by atoms with E-state index in [0.29, 0.717) is 36.7 Å². The number of nitrogens with zero attached hydrogens (tertiary/aromatic N) is 1. The topological polar surface area (TPSA) is 58.5 Å². The molecule has 1 aromatic heterocycles. The van der Waals surface area contributed by atoms with Crippen LogP contribution in [0.3, 0.4) is 0 Å². The van der Waals surface area contributed by atoms with E-state index in [2.05, 4.69) is 10.5 Å². The molecule has 0 spiro atoms. The Morgan fingerprint density at radius 1 is 1.18 bits per heavy atom. The monoisotopic (exact) mass is 394 g/mol. The van der Waals surface area contributed by atoms with Gasteiger partial charge in [0, 0.05) is 10.6 Å². The third-order valence-electron chi connectivity index (χ3n) is 3.15. The summed E-state index contributed by atoms with van der Waals surface area (Å²) in [4.78, 5) is 0. The minimum atomic E-state index is -3.17. The molecule has 9 heteroatoms. The lowest BCUT2D eigenvalue weighted by atomic mass is 10.2. The van der Waals surface area contributed by atoms with Crippen LogP contribution in [0.4, 0.5) is 5.69 Å². The quantitative estimate of drug-likeness (QED) is 0.783. The Kier molecular flexibility index (Phi) is 4.40. The van der Waals surface area contributed by atoms with Gasteiger partial charge in [-0.2, -0.15) is 5.10 Å². The van der Waals surface area contributed by atoms with Crippen molar-refractivity contribution in [2.75, 3.05) is 11.2 Å². The Bertz CT molecular complexity index is 900. The average Bonchev–Trinajstić information content (AvgIpc) is 2.74. The van der Waals surface area contributed by atoms with Crippen molar-refractivity contribution in [2.24, 2.45) is 5.10 Å². The molecular weight excluding hydrogens is 387 g/mol. The Balaban J connectivity index is 2.04. The predicted molar refractivity (Wildman–Crippen MR) is 90.7 cm³/mol. The lowest BCUT2D eigenvalue weighted by Crippen LogP contribution is -2.11. The van der Waals surface area contributed by atoms with Gasteiger partial charge in [0.15, 0.2) is 9.84 Å². The van der Waals surface area contributed by atoms with Crippen molar-refractivity contribution < 1.29 is 8.42 Å². The van der Waals surface area contributed by atoms with Crippen molar-refractivity contribution in [3.63, 3.8) is 0 Å². The summed E-state index contributed by atoms with van der Waals surface area (Å²) in [6.07, 6.45) is 0.456. The number of halogens is 3. The molecule has 2 heterocycles. The van der Waals surface area contributed by atoms with E-state index in [4.69, 9.17) is 34.8 Å². The van der Waals surface area contributed by atoms with Gasteiger partial charge in [0.1, 0.15) is 4.21 Å². The Hall–Kier alpha value is -0.790. The Morgan fingerprint density at radius 3 is 2.55 bits per heavy atom. The smallest absolute Gasteiger partial charge is 0.188 e. The molecule has 0 atom stereocenters. The molecule has 2 aromatic rings. The van der Waals surface area contributed by atoms with Gasteiger partial charge in [0.25, 0.3) is 0 Å². The number of fused-ring (bicyclic) bond motifs is 1. The molecule has 4 nitrogen and oxygen atoms in total. The van der Waals surface area contributed by atoms with Gasteiger partial charge in [-0.05, 0) is 30.0 Å². The van der Waals surface area contributed by atoms with Crippen molar-refractivity contribution in [3.8, 4) is 0 Å². The molecule has 22 heavy (non-hydrogen) atoms. The van der Waals surface area contributed by atoms with Gasteiger partial charge in [0.05, 0.1) is 26.8 Å². The van der Waals surface area contributed by atoms with Crippen LogP contribution in [0.1, 0.15) is 5.56 Å². The van der Waals surface area contributed by atoms with Crippen molar-refractivity contribution in [2.45, 2.75) is 10.6 Å². The zero-order chi connectivity index (χ0) is 15.9. The highest BCUT2D eigenvalue weighted by molar-refractivity contribution is 7.93. The molecule has 1 aliphatic heterocycles. The van der Waals surface area contributed by atoms with Crippen molar-refractivity contribution in [1.82, 2.24) is 0 Å². The van der Waals surface area contributed by atoms with Gasteiger partial charge in [-0.1, -0.05) is 34.8 Å². The first-order valence-corrected chi connectivity index (χ1v) is 9.83. The highest BCUT2D eigenvalue weighted by atomic mass is 35.5. The molecule has 0 aliphatic carbocycles. The molecular formula is C13H9Cl3N2O2S2. The number of hydrogen-bond donors (Lipinski definition) is 1. The molecule has 116 valence electrons. The molecule has 3 rings (SSSR count). The first-order valence-electron chi connectivity index (χ1n) is 6.16. The van der Waals surface area contributed by atoms with Gasteiger partial charge in [-0.3, -0.25) is 5.43 Å². The number of hydrogen-bond acceptors (Lipinski definition) is 5. The lowest BCUT2D eigenvalue weighted by molar-refractivity contribution is 0.601. The van der Waals surface area contributed by atoms with Crippen LogP contribution >= 0.6 is 46.1 Å². The number of anilines is 1. The van der Waals surface area contributed by atoms with Gasteiger partial charge in [0.2, 0.25) is 0 Å². The van der Waals surface area contributed by atoms with Crippen molar-refractivity contribution in [3.05, 3.63) is 49.6 Å². The number of benzene rings is 1. The molecule has 0 unspecified atom stereocenters. The maximum absolute atomic E-state index is 11.9. The molecule has 0 saturated carbocycles. The molecule has 1 aliphatic rings. The number of sulfone groups is 1. The van der Waals surface area contributed by atoms with Crippen LogP contribution in [-0.4, -0.2) is 14.2 Å². The third-order valence-corrected chi connectivity index (χ3v) is 7.31. The van der Waals surface area contributed by atoms with Crippen LogP contribution in [-0.2, 0) is 16.3 Å². The van der Waals surface area contributed by atoms with E-state index in [1.807, 2.05) is 0 Å². The van der Waals surface area contributed by atoms with Gasteiger partial charge >= 0.3 is 0 Å². The molecule has 0 radical (unpaired) electrons. The number of nitrogens with one attached hydrogen (secondary N) is 1.